The van der Waals surface area contributed by atoms with Gasteiger partial charge in [0.25, 0.3) is 0 Å². The number of hydrogen-bond donors (Lipinski definition) is 2. The molecule has 0 aromatic heterocycles. The summed E-state index contributed by atoms with van der Waals surface area (Å²) in [7, 11) is 0. The maximum Gasteiger partial charge on any atom is 0.147 e. The van der Waals surface area contributed by atoms with Crippen LogP contribution in [0.4, 0.5) is 0 Å². The molecule has 4 nitrogen and oxygen atoms in total. The van der Waals surface area contributed by atoms with Crippen molar-refractivity contribution in [3.05, 3.63) is 0 Å². The van der Waals surface area contributed by atoms with Gasteiger partial charge in [-0.2, -0.15) is 0 Å². The van der Waals surface area contributed by atoms with Crippen molar-refractivity contribution in [1.82, 2.24) is 0 Å². The quantitative estimate of drug-likeness (QED) is 0.656. The maximum absolute atomic E-state index is 9.66. The van der Waals surface area contributed by atoms with Crippen LogP contribution < -0.4 is 0 Å². The third-order valence-electron chi connectivity index (χ3n) is 2.48. The van der Waals surface area contributed by atoms with Gasteiger partial charge < -0.3 is 19.7 Å². The fourth-order valence-corrected chi connectivity index (χ4v) is 1.57. The highest BCUT2D eigenvalue weighted by atomic mass is 16.7. The molecule has 0 spiro atoms. The molecule has 1 saturated heterocycles. The Kier molecular flexibility index (Phi) is 4.12. The zero-order chi connectivity index (χ0) is 9.84. The highest BCUT2D eigenvalue weighted by Gasteiger charge is 2.34. The van der Waals surface area contributed by atoms with Gasteiger partial charge in [-0.3, -0.25) is 0 Å². The highest BCUT2D eigenvalue weighted by molar-refractivity contribution is 4.82. The fraction of sp³-hybridized carbons (Fsp3) is 1.00. The van der Waals surface area contributed by atoms with Gasteiger partial charge in [0.2, 0.25) is 0 Å². The van der Waals surface area contributed by atoms with Gasteiger partial charge in [0.05, 0.1) is 12.2 Å². The number of aliphatic hydroxyl groups is 2. The Bertz CT molecular complexity index is 135. The average molecular weight is 190 g/mol. The first-order chi connectivity index (χ1) is 6.20. The topological polar surface area (TPSA) is 58.9 Å². The molecule has 0 radical (unpaired) electrons. The summed E-state index contributed by atoms with van der Waals surface area (Å²) in [5.41, 5.74) is 0. The van der Waals surface area contributed by atoms with Gasteiger partial charge in [-0.1, -0.05) is 13.8 Å². The lowest BCUT2D eigenvalue weighted by Gasteiger charge is -2.24. The molecule has 1 aliphatic heterocycles. The van der Waals surface area contributed by atoms with Crippen molar-refractivity contribution in [2.75, 3.05) is 6.79 Å². The Morgan fingerprint density at radius 2 is 1.38 bits per heavy atom. The minimum atomic E-state index is -0.836. The van der Waals surface area contributed by atoms with E-state index in [0.29, 0.717) is 12.8 Å². The molecule has 1 aliphatic rings. The molecule has 0 aromatic carbocycles. The monoisotopic (exact) mass is 190 g/mol. The predicted octanol–water partition coefficient (Wildman–Crippen LogP) is 0.270. The summed E-state index contributed by atoms with van der Waals surface area (Å²) in [6.45, 7) is 3.98. The maximum atomic E-state index is 9.66. The molecule has 78 valence electrons. The molecule has 0 bridgehead atoms. The summed E-state index contributed by atoms with van der Waals surface area (Å²) >= 11 is 0. The van der Waals surface area contributed by atoms with Crippen molar-refractivity contribution < 1.29 is 19.7 Å². The van der Waals surface area contributed by atoms with Crippen LogP contribution in [0, 0.1) is 0 Å². The van der Waals surface area contributed by atoms with E-state index in [1.54, 1.807) is 0 Å². The fourth-order valence-electron chi connectivity index (χ4n) is 1.57. The first kappa shape index (κ1) is 10.9. The van der Waals surface area contributed by atoms with Crippen LogP contribution >= 0.6 is 0 Å². The smallest absolute Gasteiger partial charge is 0.147 e. The molecule has 0 unspecified atom stereocenters. The Hall–Kier alpha value is -0.160. The van der Waals surface area contributed by atoms with Gasteiger partial charge in [-0.05, 0) is 12.8 Å². The molecule has 0 saturated carbocycles. The molecule has 1 heterocycles. The lowest BCUT2D eigenvalue weighted by Crippen LogP contribution is -2.42. The van der Waals surface area contributed by atoms with Gasteiger partial charge in [0.15, 0.2) is 0 Å². The second kappa shape index (κ2) is 4.91. The van der Waals surface area contributed by atoms with E-state index < -0.39 is 12.2 Å². The van der Waals surface area contributed by atoms with Crippen LogP contribution in [-0.4, -0.2) is 41.4 Å². The molecule has 4 heteroatoms. The summed E-state index contributed by atoms with van der Waals surface area (Å²) in [5.74, 6) is 0. The van der Waals surface area contributed by atoms with E-state index in [1.807, 2.05) is 13.8 Å². The van der Waals surface area contributed by atoms with Crippen molar-refractivity contribution in [3.63, 3.8) is 0 Å². The van der Waals surface area contributed by atoms with E-state index in [4.69, 9.17) is 9.47 Å². The largest absolute Gasteiger partial charge is 0.388 e. The van der Waals surface area contributed by atoms with Gasteiger partial charge in [-0.15, -0.1) is 0 Å². The molecule has 2 N–H and O–H groups in total. The number of aliphatic hydroxyl groups excluding tert-OH is 2. The second-order valence-electron chi connectivity index (χ2n) is 3.33. The lowest BCUT2D eigenvalue weighted by molar-refractivity contribution is -0.107. The molecule has 4 atom stereocenters. The zero-order valence-corrected chi connectivity index (χ0v) is 8.14. The Morgan fingerprint density at radius 3 is 1.69 bits per heavy atom. The van der Waals surface area contributed by atoms with Crippen LogP contribution in [0.25, 0.3) is 0 Å². The normalized spacial score (nSPS) is 41.5. The minimum Gasteiger partial charge on any atom is -0.388 e. The van der Waals surface area contributed by atoms with Crippen LogP contribution in [-0.2, 0) is 9.47 Å². The molecular weight excluding hydrogens is 172 g/mol. The van der Waals surface area contributed by atoms with Crippen molar-refractivity contribution >= 4 is 0 Å². The Labute approximate surface area is 78.5 Å². The van der Waals surface area contributed by atoms with E-state index >= 15 is 0 Å². The third kappa shape index (κ3) is 2.40. The summed E-state index contributed by atoms with van der Waals surface area (Å²) < 4.78 is 10.5. The molecule has 0 aliphatic carbocycles. The molecule has 1 rings (SSSR count). The lowest BCUT2D eigenvalue weighted by atomic mass is 10.0. The molecule has 0 amide bonds. The van der Waals surface area contributed by atoms with Gasteiger partial charge in [-0.25, -0.2) is 0 Å². The van der Waals surface area contributed by atoms with Crippen LogP contribution in [0.2, 0.25) is 0 Å². The zero-order valence-electron chi connectivity index (χ0n) is 8.14. The van der Waals surface area contributed by atoms with Crippen molar-refractivity contribution in [1.29, 1.82) is 0 Å². The third-order valence-corrected chi connectivity index (χ3v) is 2.48. The molecule has 13 heavy (non-hydrogen) atoms. The van der Waals surface area contributed by atoms with Crippen molar-refractivity contribution in [2.45, 2.75) is 51.1 Å². The van der Waals surface area contributed by atoms with Crippen molar-refractivity contribution in [2.24, 2.45) is 0 Å². The minimum absolute atomic E-state index is 0.158. The van der Waals surface area contributed by atoms with Crippen molar-refractivity contribution in [3.8, 4) is 0 Å². The average Bonchev–Trinajstić information content (AvgIpc) is 2.28. The Morgan fingerprint density at radius 1 is 1.00 bits per heavy atom. The standard InChI is InChI=1S/C9H18O4/c1-3-6-8(10)9(11)7(4-2)13-5-12-6/h6-11H,3-5H2,1-2H3/t6-,7-,8-,9-/m0/s1. The van der Waals surface area contributed by atoms with Crippen LogP contribution in [0.5, 0.6) is 0 Å². The van der Waals surface area contributed by atoms with Crippen LogP contribution in [0.15, 0.2) is 0 Å². The van der Waals surface area contributed by atoms with Gasteiger partial charge in [0.1, 0.15) is 19.0 Å². The SMILES string of the molecule is CC[C@@H]1OCO[C@@H](CC)[C@H](O)[C@H]1O. The van der Waals surface area contributed by atoms with E-state index in [0.717, 1.165) is 0 Å². The van der Waals surface area contributed by atoms with Crippen LogP contribution in [0.3, 0.4) is 0 Å². The summed E-state index contributed by atoms with van der Waals surface area (Å²) in [4.78, 5) is 0. The van der Waals surface area contributed by atoms with Gasteiger partial charge in [0, 0.05) is 0 Å². The number of rotatable bonds is 2. The van der Waals surface area contributed by atoms with E-state index in [9.17, 15) is 10.2 Å². The van der Waals surface area contributed by atoms with E-state index in [1.165, 1.54) is 0 Å². The number of hydrogen-bond acceptors (Lipinski definition) is 4. The summed E-state index contributed by atoms with van der Waals surface area (Å²) in [5, 5.41) is 19.3. The molecule has 1 fully saturated rings. The summed E-state index contributed by atoms with van der Waals surface area (Å²) in [6, 6.07) is 0. The predicted molar refractivity (Wildman–Crippen MR) is 47.2 cm³/mol. The number of ether oxygens (including phenoxy) is 2. The van der Waals surface area contributed by atoms with E-state index in [-0.39, 0.29) is 19.0 Å². The Balaban J connectivity index is 2.61. The molecule has 0 aromatic rings. The van der Waals surface area contributed by atoms with Crippen LogP contribution in [0.1, 0.15) is 26.7 Å². The first-order valence-corrected chi connectivity index (χ1v) is 4.80. The second-order valence-corrected chi connectivity index (χ2v) is 3.33. The van der Waals surface area contributed by atoms with Gasteiger partial charge >= 0.3 is 0 Å². The molecular formula is C9H18O4. The highest BCUT2D eigenvalue weighted by Crippen LogP contribution is 2.19. The summed E-state index contributed by atoms with van der Waals surface area (Å²) in [6.07, 6.45) is -0.941. The first-order valence-electron chi connectivity index (χ1n) is 4.80. The van der Waals surface area contributed by atoms with E-state index in [2.05, 4.69) is 0 Å².